The minimum atomic E-state index is -0.310. The van der Waals surface area contributed by atoms with Crippen LogP contribution in [0.15, 0.2) is 67.3 Å². The van der Waals surface area contributed by atoms with Gasteiger partial charge in [0, 0.05) is 83.1 Å². The van der Waals surface area contributed by atoms with Gasteiger partial charge in [-0.3, -0.25) is 15.1 Å². The predicted molar refractivity (Wildman–Crippen MR) is 178 cm³/mol. The minimum absolute atomic E-state index is 0.310. The van der Waals surface area contributed by atoms with Gasteiger partial charge in [0.2, 0.25) is 0 Å². The van der Waals surface area contributed by atoms with Gasteiger partial charge >= 0.3 is 0 Å². The fraction of sp³-hybridized carbons (Fsp3) is 0.314. The lowest BCUT2D eigenvalue weighted by Crippen LogP contribution is -2.20. The number of H-pyrrole nitrogens is 2. The molecule has 9 nitrogen and oxygen atoms in total. The highest BCUT2D eigenvalue weighted by atomic mass is 19.1. The first-order chi connectivity index (χ1) is 22.0. The van der Waals surface area contributed by atoms with Crippen LogP contribution in [0.25, 0.3) is 55.7 Å². The number of anilines is 1. The topological polar surface area (TPSA) is 110 Å². The number of aromatic amines is 2. The van der Waals surface area contributed by atoms with Crippen LogP contribution in [0.1, 0.15) is 31.2 Å². The summed E-state index contributed by atoms with van der Waals surface area (Å²) in [7, 11) is 4.02. The van der Waals surface area contributed by atoms with E-state index >= 15 is 0 Å². The molecule has 1 aromatic carbocycles. The highest BCUT2D eigenvalue weighted by molar-refractivity contribution is 6.00. The van der Waals surface area contributed by atoms with Gasteiger partial charge in [0.1, 0.15) is 5.82 Å². The van der Waals surface area contributed by atoms with Gasteiger partial charge in [0.15, 0.2) is 5.65 Å². The quantitative estimate of drug-likeness (QED) is 0.132. The highest BCUT2D eigenvalue weighted by Crippen LogP contribution is 2.35. The molecule has 0 atom stereocenters. The Bertz CT molecular complexity index is 1940. The predicted octanol–water partition coefficient (Wildman–Crippen LogP) is 6.62. The molecule has 7 rings (SSSR count). The van der Waals surface area contributed by atoms with E-state index in [0.29, 0.717) is 23.4 Å². The van der Waals surface area contributed by atoms with Crippen molar-refractivity contribution in [2.75, 3.05) is 39.0 Å². The number of hydrogen-bond acceptors (Lipinski definition) is 7. The summed E-state index contributed by atoms with van der Waals surface area (Å²) in [4.78, 5) is 19.4. The third-order valence-electron chi connectivity index (χ3n) is 8.65. The molecule has 5 heterocycles. The van der Waals surface area contributed by atoms with E-state index in [1.807, 2.05) is 50.9 Å². The maximum Gasteiger partial charge on any atom is 0.181 e. The summed E-state index contributed by atoms with van der Waals surface area (Å²) >= 11 is 0. The summed E-state index contributed by atoms with van der Waals surface area (Å²) in [6, 6.07) is 13.2. The number of nitrogens with zero attached hydrogens (tertiary/aromatic N) is 5. The van der Waals surface area contributed by atoms with Crippen molar-refractivity contribution in [1.82, 2.24) is 40.3 Å². The molecule has 1 fully saturated rings. The van der Waals surface area contributed by atoms with E-state index in [4.69, 9.17) is 0 Å². The Morgan fingerprint density at radius 2 is 1.80 bits per heavy atom. The molecule has 0 unspecified atom stereocenters. The van der Waals surface area contributed by atoms with Crippen molar-refractivity contribution in [3.05, 3.63) is 78.6 Å². The highest BCUT2D eigenvalue weighted by Gasteiger charge is 2.17. The molecule has 0 saturated heterocycles. The van der Waals surface area contributed by atoms with Gasteiger partial charge in [-0.1, -0.05) is 12.8 Å². The Morgan fingerprint density at radius 1 is 0.933 bits per heavy atom. The molecule has 230 valence electrons. The third-order valence-corrected chi connectivity index (χ3v) is 8.65. The molecule has 4 N–H and O–H groups in total. The van der Waals surface area contributed by atoms with E-state index < -0.39 is 0 Å². The van der Waals surface area contributed by atoms with E-state index in [1.165, 1.54) is 37.8 Å². The summed E-state index contributed by atoms with van der Waals surface area (Å²) in [6.45, 7) is 3.41. The number of aromatic nitrogens is 6. The summed E-state index contributed by atoms with van der Waals surface area (Å²) in [6.07, 6.45) is 12.8. The maximum absolute atomic E-state index is 14.7. The second kappa shape index (κ2) is 12.7. The largest absolute Gasteiger partial charge is 0.384 e. The molecule has 1 aliphatic rings. The molecule has 0 bridgehead atoms. The Morgan fingerprint density at radius 3 is 2.67 bits per heavy atom. The lowest BCUT2D eigenvalue weighted by molar-refractivity contribution is 0.425. The molecule has 0 aliphatic heterocycles. The van der Waals surface area contributed by atoms with Crippen LogP contribution in [0, 0.1) is 11.7 Å². The van der Waals surface area contributed by atoms with Gasteiger partial charge in [0.05, 0.1) is 17.1 Å². The average molecular weight is 604 g/mol. The first kappa shape index (κ1) is 29.1. The van der Waals surface area contributed by atoms with E-state index in [0.717, 1.165) is 75.6 Å². The number of fused-ring (bicyclic) bond motifs is 2. The fourth-order valence-electron chi connectivity index (χ4n) is 6.31. The molecule has 10 heteroatoms. The number of hydrogen-bond donors (Lipinski definition) is 4. The lowest BCUT2D eigenvalue weighted by atomic mass is 10.0. The zero-order chi connectivity index (χ0) is 30.8. The number of rotatable bonds is 11. The molecule has 1 aliphatic carbocycles. The molecule has 0 amide bonds. The summed E-state index contributed by atoms with van der Waals surface area (Å²) in [5, 5.41) is 16.4. The fourth-order valence-corrected chi connectivity index (χ4v) is 6.31. The molecule has 5 aromatic heterocycles. The van der Waals surface area contributed by atoms with E-state index in [2.05, 4.69) is 57.8 Å². The van der Waals surface area contributed by atoms with Crippen LogP contribution in [0.3, 0.4) is 0 Å². The third kappa shape index (κ3) is 6.43. The van der Waals surface area contributed by atoms with E-state index in [9.17, 15) is 4.39 Å². The number of benzene rings is 1. The van der Waals surface area contributed by atoms with Crippen molar-refractivity contribution < 1.29 is 4.39 Å². The molecule has 1 saturated carbocycles. The van der Waals surface area contributed by atoms with Gasteiger partial charge in [-0.15, -0.1) is 0 Å². The molecule has 0 radical (unpaired) electrons. The van der Waals surface area contributed by atoms with Crippen LogP contribution in [-0.4, -0.2) is 68.8 Å². The number of halogens is 1. The Balaban J connectivity index is 1.17. The van der Waals surface area contributed by atoms with Crippen molar-refractivity contribution in [3.8, 4) is 33.8 Å². The summed E-state index contributed by atoms with van der Waals surface area (Å²) in [5.74, 6) is 0.487. The van der Waals surface area contributed by atoms with Crippen molar-refractivity contribution in [1.29, 1.82) is 0 Å². The normalized spacial score (nSPS) is 13.9. The SMILES string of the molecule is CN(C)CCNc1cc(F)cc(-c2nccc3[nH]c(-c4[nH]nc5ncc(-c6cncc(CNCC7CCCC7)c6)cc45)cc23)c1. The van der Waals surface area contributed by atoms with Gasteiger partial charge < -0.3 is 20.5 Å². The van der Waals surface area contributed by atoms with Crippen LogP contribution < -0.4 is 10.6 Å². The van der Waals surface area contributed by atoms with Gasteiger partial charge in [-0.05, 0) is 87.4 Å². The zero-order valence-corrected chi connectivity index (χ0v) is 25.7. The molecular weight excluding hydrogens is 565 g/mol. The van der Waals surface area contributed by atoms with Gasteiger partial charge in [-0.2, -0.15) is 5.10 Å². The Labute approximate surface area is 261 Å². The van der Waals surface area contributed by atoms with Crippen LogP contribution >= 0.6 is 0 Å². The van der Waals surface area contributed by atoms with Crippen molar-refractivity contribution >= 4 is 27.6 Å². The monoisotopic (exact) mass is 603 g/mol. The molecule has 45 heavy (non-hydrogen) atoms. The first-order valence-corrected chi connectivity index (χ1v) is 15.7. The summed E-state index contributed by atoms with van der Waals surface area (Å²) < 4.78 is 14.7. The minimum Gasteiger partial charge on any atom is -0.384 e. The molecular formula is C35H38FN9. The second-order valence-electron chi connectivity index (χ2n) is 12.3. The Kier molecular flexibility index (Phi) is 8.23. The van der Waals surface area contributed by atoms with E-state index in [1.54, 1.807) is 6.20 Å². The van der Waals surface area contributed by atoms with Crippen LogP contribution in [0.2, 0.25) is 0 Å². The lowest BCUT2D eigenvalue weighted by Gasteiger charge is -2.12. The van der Waals surface area contributed by atoms with E-state index in [-0.39, 0.29) is 5.82 Å². The second-order valence-corrected chi connectivity index (χ2v) is 12.3. The molecule has 0 spiro atoms. The number of likely N-dealkylation sites (N-methyl/N-ethyl adjacent to an activating group) is 1. The van der Waals surface area contributed by atoms with Gasteiger partial charge in [0.25, 0.3) is 0 Å². The summed E-state index contributed by atoms with van der Waals surface area (Å²) in [5.41, 5.74) is 8.49. The smallest absolute Gasteiger partial charge is 0.181 e. The first-order valence-electron chi connectivity index (χ1n) is 15.7. The van der Waals surface area contributed by atoms with Crippen molar-refractivity contribution in [2.24, 2.45) is 5.92 Å². The average Bonchev–Trinajstić information content (AvgIpc) is 3.80. The van der Waals surface area contributed by atoms with Crippen LogP contribution in [0.4, 0.5) is 10.1 Å². The standard InChI is InChI=1S/C35H38FN9/c1-45(2)10-9-39-28-13-24(12-27(36)15-28)33-29-16-32(42-31(29)7-8-40-33)34-30-14-26(21-41-35(30)44-43-34)25-11-23(19-38-20-25)18-37-17-22-5-3-4-6-22/h7-8,11-16,19-22,37,39,42H,3-6,9-10,17-18H2,1-2H3,(H,41,43,44). The van der Waals surface area contributed by atoms with Crippen molar-refractivity contribution in [3.63, 3.8) is 0 Å². The van der Waals surface area contributed by atoms with Gasteiger partial charge in [-0.25, -0.2) is 9.37 Å². The number of nitrogens with one attached hydrogen (secondary N) is 4. The van der Waals surface area contributed by atoms with Crippen LogP contribution in [0.5, 0.6) is 0 Å². The maximum atomic E-state index is 14.7. The van der Waals surface area contributed by atoms with Crippen LogP contribution in [-0.2, 0) is 6.54 Å². The Hall–Kier alpha value is -4.67. The number of pyridine rings is 3. The molecule has 6 aromatic rings. The zero-order valence-electron chi connectivity index (χ0n) is 25.7. The van der Waals surface area contributed by atoms with Crippen molar-refractivity contribution in [2.45, 2.75) is 32.2 Å².